The molecule has 5 nitrogen and oxygen atoms in total. The fourth-order valence-electron chi connectivity index (χ4n) is 1.18. The molecular weight excluding hydrogens is 228 g/mol. The monoisotopic (exact) mass is 242 g/mol. The molecule has 0 aliphatic heterocycles. The Morgan fingerprint density at radius 1 is 1.50 bits per heavy atom. The number of anilines is 1. The Morgan fingerprint density at radius 3 is 2.69 bits per heavy atom. The molecule has 0 spiro atoms. The van der Waals surface area contributed by atoms with Crippen molar-refractivity contribution in [2.24, 2.45) is 0 Å². The maximum atomic E-state index is 11.5. The maximum Gasteiger partial charge on any atom is 0.239 e. The molecule has 0 saturated heterocycles. The third-order valence-corrected chi connectivity index (χ3v) is 2.04. The summed E-state index contributed by atoms with van der Waals surface area (Å²) in [7, 11) is 1.78. The van der Waals surface area contributed by atoms with Crippen molar-refractivity contribution < 1.29 is 4.79 Å². The highest BCUT2D eigenvalue weighted by Gasteiger charge is 2.09. The summed E-state index contributed by atoms with van der Waals surface area (Å²) < 4.78 is 0. The van der Waals surface area contributed by atoms with Crippen LogP contribution in [0.3, 0.4) is 0 Å². The smallest absolute Gasteiger partial charge is 0.239 e. The van der Waals surface area contributed by atoms with Gasteiger partial charge in [-0.05, 0) is 26.0 Å². The maximum absolute atomic E-state index is 11.5. The predicted octanol–water partition coefficient (Wildman–Crippen LogP) is 1.09. The number of hydrogen-bond donors (Lipinski definition) is 1. The lowest BCUT2D eigenvalue weighted by Gasteiger charge is -2.17. The van der Waals surface area contributed by atoms with Gasteiger partial charge in [-0.15, -0.1) is 10.2 Å². The number of amides is 1. The van der Waals surface area contributed by atoms with E-state index < -0.39 is 0 Å². The van der Waals surface area contributed by atoms with E-state index in [-0.39, 0.29) is 18.5 Å². The number of carbonyl (C=O) groups is 1. The number of aromatic nitrogens is 2. The van der Waals surface area contributed by atoms with Crippen molar-refractivity contribution >= 4 is 23.3 Å². The molecule has 0 aliphatic rings. The van der Waals surface area contributed by atoms with Crippen molar-refractivity contribution in [3.05, 3.63) is 17.3 Å². The van der Waals surface area contributed by atoms with Crippen molar-refractivity contribution in [2.45, 2.75) is 19.9 Å². The van der Waals surface area contributed by atoms with Crippen LogP contribution in [0.2, 0.25) is 5.15 Å². The molecule has 0 unspecified atom stereocenters. The highest BCUT2D eigenvalue weighted by atomic mass is 35.5. The van der Waals surface area contributed by atoms with E-state index in [1.54, 1.807) is 24.1 Å². The average molecular weight is 243 g/mol. The van der Waals surface area contributed by atoms with Gasteiger partial charge in [0.1, 0.15) is 0 Å². The number of hydrogen-bond acceptors (Lipinski definition) is 4. The van der Waals surface area contributed by atoms with E-state index >= 15 is 0 Å². The molecule has 0 aromatic carbocycles. The van der Waals surface area contributed by atoms with Crippen molar-refractivity contribution in [3.63, 3.8) is 0 Å². The fourth-order valence-corrected chi connectivity index (χ4v) is 1.28. The number of nitrogens with one attached hydrogen (secondary N) is 1. The highest BCUT2D eigenvalue weighted by Crippen LogP contribution is 2.09. The molecule has 0 aliphatic carbocycles. The van der Waals surface area contributed by atoms with E-state index in [0.717, 1.165) is 0 Å². The van der Waals surface area contributed by atoms with E-state index in [1.807, 2.05) is 13.8 Å². The zero-order valence-electron chi connectivity index (χ0n) is 9.57. The summed E-state index contributed by atoms with van der Waals surface area (Å²) in [5.74, 6) is 0.567. The highest BCUT2D eigenvalue weighted by molar-refractivity contribution is 6.29. The molecule has 0 fully saturated rings. The molecule has 6 heteroatoms. The molecule has 0 atom stereocenters. The first-order chi connectivity index (χ1) is 7.49. The fraction of sp³-hybridized carbons (Fsp3) is 0.500. The Labute approximate surface area is 99.8 Å². The number of likely N-dealkylation sites (N-methyl/N-ethyl adjacent to an activating group) is 1. The van der Waals surface area contributed by atoms with Gasteiger partial charge in [0, 0.05) is 13.1 Å². The summed E-state index contributed by atoms with van der Waals surface area (Å²) >= 11 is 5.62. The molecule has 1 rings (SSSR count). The number of rotatable bonds is 4. The largest absolute Gasteiger partial charge is 0.352 e. The lowest BCUT2D eigenvalue weighted by molar-refractivity contribution is -0.120. The van der Waals surface area contributed by atoms with Gasteiger partial charge < -0.3 is 10.2 Å². The first kappa shape index (κ1) is 12.7. The summed E-state index contributed by atoms with van der Waals surface area (Å²) in [4.78, 5) is 13.2. The molecule has 1 aromatic rings. The molecular formula is C10H15ClN4O. The molecule has 0 bridgehead atoms. The van der Waals surface area contributed by atoms with Crippen LogP contribution < -0.4 is 10.2 Å². The number of halogens is 1. The Bertz CT molecular complexity index is 352. The van der Waals surface area contributed by atoms with Crippen LogP contribution >= 0.6 is 11.6 Å². The Kier molecular flexibility index (Phi) is 4.49. The minimum absolute atomic E-state index is 0.0470. The summed E-state index contributed by atoms with van der Waals surface area (Å²) in [6, 6.07) is 3.50. The van der Waals surface area contributed by atoms with Gasteiger partial charge >= 0.3 is 0 Å². The van der Waals surface area contributed by atoms with Crippen LogP contribution in [0.25, 0.3) is 0 Å². The molecule has 0 radical (unpaired) electrons. The van der Waals surface area contributed by atoms with Gasteiger partial charge in [-0.3, -0.25) is 4.79 Å². The summed E-state index contributed by atoms with van der Waals surface area (Å²) in [6.45, 7) is 4.08. The van der Waals surface area contributed by atoms with Crippen LogP contribution in [-0.2, 0) is 4.79 Å². The summed E-state index contributed by atoms with van der Waals surface area (Å²) in [6.07, 6.45) is 0. The van der Waals surface area contributed by atoms with Gasteiger partial charge in [0.05, 0.1) is 6.54 Å². The predicted molar refractivity (Wildman–Crippen MR) is 63.6 cm³/mol. The standard InChI is InChI=1S/C10H15ClN4O/c1-7(2)12-10(16)6-15(3)9-5-4-8(11)13-14-9/h4-5,7H,6H2,1-3H3,(H,12,16). The van der Waals surface area contributed by atoms with Gasteiger partial charge in [-0.25, -0.2) is 0 Å². The Hall–Kier alpha value is -1.36. The van der Waals surface area contributed by atoms with Crippen LogP contribution in [0.4, 0.5) is 5.82 Å². The minimum Gasteiger partial charge on any atom is -0.352 e. The second kappa shape index (κ2) is 5.65. The van der Waals surface area contributed by atoms with Gasteiger partial charge in [-0.2, -0.15) is 0 Å². The normalized spacial score (nSPS) is 10.3. The Morgan fingerprint density at radius 2 is 2.19 bits per heavy atom. The van der Waals surface area contributed by atoms with Gasteiger partial charge in [0.25, 0.3) is 0 Å². The van der Waals surface area contributed by atoms with E-state index in [4.69, 9.17) is 11.6 Å². The van der Waals surface area contributed by atoms with Crippen LogP contribution in [0.15, 0.2) is 12.1 Å². The zero-order chi connectivity index (χ0) is 12.1. The van der Waals surface area contributed by atoms with E-state index in [2.05, 4.69) is 15.5 Å². The van der Waals surface area contributed by atoms with E-state index in [9.17, 15) is 4.79 Å². The molecule has 1 N–H and O–H groups in total. The number of carbonyl (C=O) groups excluding carboxylic acids is 1. The molecule has 1 heterocycles. The first-order valence-corrected chi connectivity index (χ1v) is 5.36. The third-order valence-electron chi connectivity index (χ3n) is 1.84. The average Bonchev–Trinajstić information content (AvgIpc) is 2.16. The van der Waals surface area contributed by atoms with Crippen molar-refractivity contribution in [3.8, 4) is 0 Å². The van der Waals surface area contributed by atoms with Crippen LogP contribution in [0.5, 0.6) is 0 Å². The lowest BCUT2D eigenvalue weighted by Crippen LogP contribution is -2.38. The summed E-state index contributed by atoms with van der Waals surface area (Å²) in [5, 5.41) is 10.7. The third kappa shape index (κ3) is 4.02. The van der Waals surface area contributed by atoms with Gasteiger partial charge in [0.15, 0.2) is 11.0 Å². The SMILES string of the molecule is CC(C)NC(=O)CN(C)c1ccc(Cl)nn1. The van der Waals surface area contributed by atoms with Crippen molar-refractivity contribution in [1.82, 2.24) is 15.5 Å². The van der Waals surface area contributed by atoms with Crippen LogP contribution in [0, 0.1) is 0 Å². The summed E-state index contributed by atoms with van der Waals surface area (Å²) in [5.41, 5.74) is 0. The van der Waals surface area contributed by atoms with Gasteiger partial charge in [0.2, 0.25) is 5.91 Å². The molecule has 88 valence electrons. The first-order valence-electron chi connectivity index (χ1n) is 4.98. The topological polar surface area (TPSA) is 58.1 Å². The zero-order valence-corrected chi connectivity index (χ0v) is 10.3. The van der Waals surface area contributed by atoms with Crippen molar-refractivity contribution in [1.29, 1.82) is 0 Å². The van der Waals surface area contributed by atoms with E-state index in [1.165, 1.54) is 0 Å². The quantitative estimate of drug-likeness (QED) is 0.859. The van der Waals surface area contributed by atoms with Gasteiger partial charge in [-0.1, -0.05) is 11.6 Å². The molecule has 1 amide bonds. The molecule has 16 heavy (non-hydrogen) atoms. The lowest BCUT2D eigenvalue weighted by atomic mass is 10.4. The minimum atomic E-state index is -0.0470. The second-order valence-corrected chi connectivity index (χ2v) is 4.18. The second-order valence-electron chi connectivity index (χ2n) is 3.79. The van der Waals surface area contributed by atoms with Crippen LogP contribution in [0.1, 0.15) is 13.8 Å². The van der Waals surface area contributed by atoms with Crippen LogP contribution in [-0.4, -0.2) is 35.7 Å². The van der Waals surface area contributed by atoms with E-state index in [0.29, 0.717) is 11.0 Å². The Balaban J connectivity index is 2.55. The number of nitrogens with zero attached hydrogens (tertiary/aromatic N) is 3. The van der Waals surface area contributed by atoms with Crippen molar-refractivity contribution in [2.75, 3.05) is 18.5 Å². The molecule has 1 aromatic heterocycles. The molecule has 0 saturated carbocycles.